The summed E-state index contributed by atoms with van der Waals surface area (Å²) < 4.78 is 7.56. The normalized spacial score (nSPS) is 10.7. The van der Waals surface area contributed by atoms with Gasteiger partial charge in [0, 0.05) is 20.8 Å². The first-order valence-corrected chi connectivity index (χ1v) is 7.93. The Kier molecular flexibility index (Phi) is 5.43. The van der Waals surface area contributed by atoms with Gasteiger partial charge in [-0.15, -0.1) is 0 Å². The van der Waals surface area contributed by atoms with E-state index in [0.29, 0.717) is 6.54 Å². The van der Waals surface area contributed by atoms with E-state index in [9.17, 15) is 0 Å². The van der Waals surface area contributed by atoms with Gasteiger partial charge in [-0.1, -0.05) is 0 Å². The molecule has 0 bridgehead atoms. The van der Waals surface area contributed by atoms with Gasteiger partial charge in [0.2, 0.25) is 0 Å². The van der Waals surface area contributed by atoms with Crippen LogP contribution in [0.5, 0.6) is 5.75 Å². The standard InChI is InChI=1S/C15H16Br2N2O/c1-10(2)20-13-5-3-12(4-6-13)18-9-15-14(17)7-11(16)8-19-15/h3-8,10,18H,9H2,1-2H3. The SMILES string of the molecule is CC(C)Oc1ccc(NCc2ncc(Br)cc2Br)cc1. The van der Waals surface area contributed by atoms with Crippen molar-refractivity contribution in [2.75, 3.05) is 5.32 Å². The minimum Gasteiger partial charge on any atom is -0.491 e. The molecule has 0 aliphatic heterocycles. The quantitative estimate of drug-likeness (QED) is 0.767. The van der Waals surface area contributed by atoms with Crippen LogP contribution in [0.25, 0.3) is 0 Å². The maximum absolute atomic E-state index is 5.61. The van der Waals surface area contributed by atoms with Crippen molar-refractivity contribution in [2.24, 2.45) is 0 Å². The van der Waals surface area contributed by atoms with E-state index in [2.05, 4.69) is 42.2 Å². The molecule has 106 valence electrons. The molecule has 5 heteroatoms. The smallest absolute Gasteiger partial charge is 0.119 e. The Bertz CT molecular complexity index is 571. The number of hydrogen-bond donors (Lipinski definition) is 1. The van der Waals surface area contributed by atoms with Crippen LogP contribution in [0.4, 0.5) is 5.69 Å². The highest BCUT2D eigenvalue weighted by molar-refractivity contribution is 9.11. The molecule has 1 aromatic carbocycles. The third-order valence-electron chi connectivity index (χ3n) is 2.57. The molecule has 0 saturated heterocycles. The van der Waals surface area contributed by atoms with Crippen LogP contribution in [0.1, 0.15) is 19.5 Å². The summed E-state index contributed by atoms with van der Waals surface area (Å²) in [5, 5.41) is 3.34. The molecule has 0 aliphatic rings. The molecule has 0 spiro atoms. The van der Waals surface area contributed by atoms with Gasteiger partial charge in [-0.25, -0.2) is 0 Å². The summed E-state index contributed by atoms with van der Waals surface area (Å²) in [4.78, 5) is 4.37. The molecule has 0 radical (unpaired) electrons. The van der Waals surface area contributed by atoms with Crippen LogP contribution in [0.15, 0.2) is 45.5 Å². The molecule has 1 N–H and O–H groups in total. The lowest BCUT2D eigenvalue weighted by atomic mass is 10.3. The lowest BCUT2D eigenvalue weighted by Gasteiger charge is -2.11. The molecule has 0 fully saturated rings. The van der Waals surface area contributed by atoms with Gasteiger partial charge >= 0.3 is 0 Å². The number of nitrogens with zero attached hydrogens (tertiary/aromatic N) is 1. The highest BCUT2D eigenvalue weighted by Gasteiger charge is 2.03. The van der Waals surface area contributed by atoms with Crippen molar-refractivity contribution >= 4 is 37.5 Å². The Balaban J connectivity index is 1.96. The summed E-state index contributed by atoms with van der Waals surface area (Å²) in [5.74, 6) is 0.883. The zero-order valence-electron chi connectivity index (χ0n) is 11.4. The van der Waals surface area contributed by atoms with E-state index in [0.717, 1.165) is 26.1 Å². The van der Waals surface area contributed by atoms with Crippen molar-refractivity contribution in [3.8, 4) is 5.75 Å². The average molecular weight is 400 g/mol. The van der Waals surface area contributed by atoms with Gasteiger partial charge in [0.25, 0.3) is 0 Å². The fourth-order valence-corrected chi connectivity index (χ4v) is 2.81. The Morgan fingerprint density at radius 3 is 2.50 bits per heavy atom. The van der Waals surface area contributed by atoms with E-state index < -0.39 is 0 Å². The molecule has 0 saturated carbocycles. The van der Waals surface area contributed by atoms with Crippen molar-refractivity contribution in [3.63, 3.8) is 0 Å². The van der Waals surface area contributed by atoms with Crippen molar-refractivity contribution in [3.05, 3.63) is 51.2 Å². The summed E-state index contributed by atoms with van der Waals surface area (Å²) in [6.07, 6.45) is 1.98. The lowest BCUT2D eigenvalue weighted by Crippen LogP contribution is -2.06. The van der Waals surface area contributed by atoms with Crippen molar-refractivity contribution in [2.45, 2.75) is 26.5 Å². The lowest BCUT2D eigenvalue weighted by molar-refractivity contribution is 0.242. The van der Waals surface area contributed by atoms with E-state index in [1.165, 1.54) is 0 Å². The molecule has 3 nitrogen and oxygen atoms in total. The first-order chi connectivity index (χ1) is 9.54. The number of anilines is 1. The van der Waals surface area contributed by atoms with E-state index >= 15 is 0 Å². The first-order valence-electron chi connectivity index (χ1n) is 6.35. The molecule has 2 rings (SSSR count). The number of ether oxygens (including phenoxy) is 1. The number of halogens is 2. The fraction of sp³-hybridized carbons (Fsp3) is 0.267. The molecular formula is C15H16Br2N2O. The topological polar surface area (TPSA) is 34.1 Å². The summed E-state index contributed by atoms with van der Waals surface area (Å²) >= 11 is 6.90. The summed E-state index contributed by atoms with van der Waals surface area (Å²) in [7, 11) is 0. The highest BCUT2D eigenvalue weighted by Crippen LogP contribution is 2.21. The summed E-state index contributed by atoms with van der Waals surface area (Å²) in [6.45, 7) is 4.70. The summed E-state index contributed by atoms with van der Waals surface area (Å²) in [5.41, 5.74) is 2.01. The van der Waals surface area contributed by atoms with Crippen LogP contribution in [0.3, 0.4) is 0 Å². The van der Waals surface area contributed by atoms with Crippen LogP contribution in [0.2, 0.25) is 0 Å². The third kappa shape index (κ3) is 4.49. The molecule has 0 aliphatic carbocycles. The number of aromatic nitrogens is 1. The van der Waals surface area contributed by atoms with Gasteiger partial charge in [0.1, 0.15) is 5.75 Å². The van der Waals surface area contributed by atoms with Gasteiger partial charge in [-0.05, 0) is 76.0 Å². The zero-order valence-corrected chi connectivity index (χ0v) is 14.5. The fourth-order valence-electron chi connectivity index (χ4n) is 1.68. The maximum atomic E-state index is 5.61. The monoisotopic (exact) mass is 398 g/mol. The summed E-state index contributed by atoms with van der Waals surface area (Å²) in [6, 6.07) is 9.93. The minimum absolute atomic E-state index is 0.191. The predicted octanol–water partition coefficient (Wildman–Crippen LogP) is 5.01. The molecule has 20 heavy (non-hydrogen) atoms. The van der Waals surface area contributed by atoms with Crippen LogP contribution in [-0.2, 0) is 6.54 Å². The second kappa shape index (κ2) is 7.09. The molecule has 2 aromatic rings. The van der Waals surface area contributed by atoms with E-state index in [1.807, 2.05) is 44.2 Å². The molecule has 0 unspecified atom stereocenters. The molecular weight excluding hydrogens is 384 g/mol. The van der Waals surface area contributed by atoms with Crippen LogP contribution in [-0.4, -0.2) is 11.1 Å². The third-order valence-corrected chi connectivity index (χ3v) is 3.69. The Morgan fingerprint density at radius 1 is 1.20 bits per heavy atom. The van der Waals surface area contributed by atoms with Crippen molar-refractivity contribution in [1.82, 2.24) is 4.98 Å². The number of rotatable bonds is 5. The van der Waals surface area contributed by atoms with Gasteiger partial charge in [0.15, 0.2) is 0 Å². The Hall–Kier alpha value is -1.07. The van der Waals surface area contributed by atoms with Gasteiger partial charge < -0.3 is 10.1 Å². The Labute approximate surface area is 136 Å². The van der Waals surface area contributed by atoms with Crippen molar-refractivity contribution in [1.29, 1.82) is 0 Å². The van der Waals surface area contributed by atoms with E-state index in [-0.39, 0.29) is 6.10 Å². The molecule has 0 atom stereocenters. The first kappa shape index (κ1) is 15.3. The van der Waals surface area contributed by atoms with Gasteiger partial charge in [-0.2, -0.15) is 0 Å². The molecule has 0 amide bonds. The maximum Gasteiger partial charge on any atom is 0.119 e. The number of pyridine rings is 1. The van der Waals surface area contributed by atoms with Gasteiger partial charge in [-0.3, -0.25) is 4.98 Å². The highest BCUT2D eigenvalue weighted by atomic mass is 79.9. The van der Waals surface area contributed by atoms with E-state index in [1.54, 1.807) is 6.20 Å². The molecule has 1 heterocycles. The second-order valence-corrected chi connectivity index (χ2v) is 6.40. The average Bonchev–Trinajstić information content (AvgIpc) is 2.39. The zero-order chi connectivity index (χ0) is 14.5. The second-order valence-electron chi connectivity index (χ2n) is 4.63. The van der Waals surface area contributed by atoms with E-state index in [4.69, 9.17) is 4.74 Å². The van der Waals surface area contributed by atoms with Gasteiger partial charge in [0.05, 0.1) is 18.3 Å². The number of nitrogens with one attached hydrogen (secondary N) is 1. The van der Waals surface area contributed by atoms with Crippen LogP contribution in [0, 0.1) is 0 Å². The van der Waals surface area contributed by atoms with Crippen LogP contribution < -0.4 is 10.1 Å². The Morgan fingerprint density at radius 2 is 1.90 bits per heavy atom. The van der Waals surface area contributed by atoms with Crippen LogP contribution >= 0.6 is 31.9 Å². The predicted molar refractivity (Wildman–Crippen MR) is 89.2 cm³/mol. The number of benzene rings is 1. The largest absolute Gasteiger partial charge is 0.491 e. The number of hydrogen-bond acceptors (Lipinski definition) is 3. The minimum atomic E-state index is 0.191. The van der Waals surface area contributed by atoms with Crippen molar-refractivity contribution < 1.29 is 4.74 Å². The molecule has 1 aromatic heterocycles.